The molecule has 3 rings (SSSR count). The third-order valence-corrected chi connectivity index (χ3v) is 5.89. The maximum atomic E-state index is 13.1. The topological polar surface area (TPSA) is 67.9 Å². The Balaban J connectivity index is 1.70. The molecule has 0 spiro atoms. The molecule has 166 valence electrons. The summed E-state index contributed by atoms with van der Waals surface area (Å²) in [6.07, 6.45) is 4.29. The number of hydrogen-bond donors (Lipinski definition) is 1. The molecule has 1 fully saturated rings. The molecule has 6 nitrogen and oxygen atoms in total. The van der Waals surface area contributed by atoms with Crippen LogP contribution in [-0.4, -0.2) is 42.5 Å². The predicted octanol–water partition coefficient (Wildman–Crippen LogP) is 3.86. The molecule has 0 bridgehead atoms. The first kappa shape index (κ1) is 22.7. The van der Waals surface area contributed by atoms with Crippen LogP contribution in [0.3, 0.4) is 0 Å². The summed E-state index contributed by atoms with van der Waals surface area (Å²) in [6, 6.07) is 14.6. The molecule has 2 aromatic carbocycles. The summed E-state index contributed by atoms with van der Waals surface area (Å²) < 4.78 is 10.8. The van der Waals surface area contributed by atoms with E-state index in [1.165, 1.54) is 0 Å². The van der Waals surface area contributed by atoms with Gasteiger partial charge in [0.15, 0.2) is 6.61 Å². The minimum absolute atomic E-state index is 0.113. The fourth-order valence-electron chi connectivity index (χ4n) is 3.85. The normalized spacial score (nSPS) is 14.7. The Bertz CT molecular complexity index is 875. The zero-order chi connectivity index (χ0) is 22.2. The highest BCUT2D eigenvalue weighted by Crippen LogP contribution is 2.20. The third kappa shape index (κ3) is 6.23. The number of rotatable bonds is 9. The van der Waals surface area contributed by atoms with Crippen LogP contribution in [-0.2, 0) is 16.1 Å². The van der Waals surface area contributed by atoms with Crippen molar-refractivity contribution in [2.24, 2.45) is 0 Å². The second-order valence-electron chi connectivity index (χ2n) is 8.08. The molecule has 1 aliphatic carbocycles. The molecular formula is C25H32N2O4. The molecule has 1 atom stereocenters. The van der Waals surface area contributed by atoms with E-state index in [4.69, 9.17) is 9.47 Å². The van der Waals surface area contributed by atoms with E-state index in [1.807, 2.05) is 31.2 Å². The minimum Gasteiger partial charge on any atom is -0.497 e. The van der Waals surface area contributed by atoms with Gasteiger partial charge in [-0.15, -0.1) is 0 Å². The van der Waals surface area contributed by atoms with E-state index in [2.05, 4.69) is 5.32 Å². The summed E-state index contributed by atoms with van der Waals surface area (Å²) >= 11 is 0. The van der Waals surface area contributed by atoms with Crippen molar-refractivity contribution in [2.45, 2.75) is 58.2 Å². The fourth-order valence-corrected chi connectivity index (χ4v) is 3.85. The second-order valence-corrected chi connectivity index (χ2v) is 8.08. The molecule has 2 amide bonds. The zero-order valence-corrected chi connectivity index (χ0v) is 18.6. The van der Waals surface area contributed by atoms with Crippen molar-refractivity contribution in [3.63, 3.8) is 0 Å². The Labute approximate surface area is 184 Å². The largest absolute Gasteiger partial charge is 0.497 e. The summed E-state index contributed by atoms with van der Waals surface area (Å²) in [5.74, 6) is 0.955. The van der Waals surface area contributed by atoms with E-state index >= 15 is 0 Å². The quantitative estimate of drug-likeness (QED) is 0.664. The molecule has 2 aromatic rings. The van der Waals surface area contributed by atoms with Gasteiger partial charge in [-0.05, 0) is 62.1 Å². The standard InChI is InChI=1S/C25H32N2O4/c1-18-8-4-5-9-20(18)16-27(19(2)25(29)26-21-10-6-7-11-21)24(28)17-31-23-14-12-22(30-3)13-15-23/h4-5,8-9,12-15,19,21H,6-7,10-11,16-17H2,1-3H3,(H,26,29). The van der Waals surface area contributed by atoms with Gasteiger partial charge in [-0.25, -0.2) is 0 Å². The van der Waals surface area contributed by atoms with Gasteiger partial charge in [0, 0.05) is 12.6 Å². The van der Waals surface area contributed by atoms with E-state index in [1.54, 1.807) is 43.2 Å². The zero-order valence-electron chi connectivity index (χ0n) is 18.6. The summed E-state index contributed by atoms with van der Waals surface area (Å²) in [5.41, 5.74) is 2.10. The molecule has 0 heterocycles. The summed E-state index contributed by atoms with van der Waals surface area (Å²) in [5, 5.41) is 3.11. The molecule has 1 aliphatic rings. The van der Waals surface area contributed by atoms with Crippen LogP contribution < -0.4 is 14.8 Å². The number of carbonyl (C=O) groups excluding carboxylic acids is 2. The van der Waals surface area contributed by atoms with Gasteiger partial charge in [0.25, 0.3) is 5.91 Å². The van der Waals surface area contributed by atoms with Gasteiger partial charge in [-0.1, -0.05) is 37.1 Å². The number of benzene rings is 2. The smallest absolute Gasteiger partial charge is 0.261 e. The van der Waals surface area contributed by atoms with Crippen LogP contribution in [0.1, 0.15) is 43.7 Å². The van der Waals surface area contributed by atoms with Crippen molar-refractivity contribution in [2.75, 3.05) is 13.7 Å². The van der Waals surface area contributed by atoms with Crippen LogP contribution in [0.15, 0.2) is 48.5 Å². The molecule has 6 heteroatoms. The van der Waals surface area contributed by atoms with Crippen LogP contribution in [0.5, 0.6) is 11.5 Å². The summed E-state index contributed by atoms with van der Waals surface area (Å²) in [6.45, 7) is 4.01. The lowest BCUT2D eigenvalue weighted by atomic mass is 10.1. The van der Waals surface area contributed by atoms with Crippen molar-refractivity contribution in [1.29, 1.82) is 0 Å². The number of methoxy groups -OCH3 is 1. The summed E-state index contributed by atoms with van der Waals surface area (Å²) in [7, 11) is 1.60. The number of hydrogen-bond acceptors (Lipinski definition) is 4. The van der Waals surface area contributed by atoms with Gasteiger partial charge in [0.2, 0.25) is 5.91 Å². The van der Waals surface area contributed by atoms with E-state index in [-0.39, 0.29) is 24.5 Å². The lowest BCUT2D eigenvalue weighted by Gasteiger charge is -2.30. The van der Waals surface area contributed by atoms with Crippen LogP contribution in [0.4, 0.5) is 0 Å². The van der Waals surface area contributed by atoms with E-state index in [0.29, 0.717) is 12.3 Å². The van der Waals surface area contributed by atoms with E-state index in [0.717, 1.165) is 42.6 Å². The highest BCUT2D eigenvalue weighted by Gasteiger charge is 2.29. The maximum Gasteiger partial charge on any atom is 0.261 e. The molecular weight excluding hydrogens is 392 g/mol. The van der Waals surface area contributed by atoms with Crippen molar-refractivity contribution < 1.29 is 19.1 Å². The van der Waals surface area contributed by atoms with Gasteiger partial charge >= 0.3 is 0 Å². The van der Waals surface area contributed by atoms with Gasteiger partial charge < -0.3 is 19.7 Å². The Hall–Kier alpha value is -3.02. The summed E-state index contributed by atoms with van der Waals surface area (Å²) in [4.78, 5) is 27.6. The molecule has 1 N–H and O–H groups in total. The van der Waals surface area contributed by atoms with Gasteiger partial charge in [-0.2, -0.15) is 0 Å². The van der Waals surface area contributed by atoms with Crippen molar-refractivity contribution in [3.8, 4) is 11.5 Å². The molecule has 31 heavy (non-hydrogen) atoms. The van der Waals surface area contributed by atoms with Crippen molar-refractivity contribution in [1.82, 2.24) is 10.2 Å². The number of amides is 2. The number of carbonyl (C=O) groups is 2. The van der Waals surface area contributed by atoms with Gasteiger partial charge in [0.1, 0.15) is 17.5 Å². The number of nitrogens with one attached hydrogen (secondary N) is 1. The first-order valence-electron chi connectivity index (χ1n) is 10.9. The molecule has 1 saturated carbocycles. The second kappa shape index (κ2) is 10.8. The highest BCUT2D eigenvalue weighted by molar-refractivity contribution is 5.88. The molecule has 0 saturated heterocycles. The maximum absolute atomic E-state index is 13.1. The first-order chi connectivity index (χ1) is 15.0. The van der Waals surface area contributed by atoms with E-state index < -0.39 is 6.04 Å². The van der Waals surface area contributed by atoms with Crippen LogP contribution in [0.2, 0.25) is 0 Å². The average Bonchev–Trinajstić information content (AvgIpc) is 3.30. The Morgan fingerprint density at radius 1 is 1.06 bits per heavy atom. The predicted molar refractivity (Wildman–Crippen MR) is 120 cm³/mol. The fraction of sp³-hybridized carbons (Fsp3) is 0.440. The Morgan fingerprint density at radius 3 is 2.35 bits per heavy atom. The number of aryl methyl sites for hydroxylation is 1. The van der Waals surface area contributed by atoms with Crippen LogP contribution >= 0.6 is 0 Å². The minimum atomic E-state index is -0.591. The Kier molecular flexibility index (Phi) is 7.93. The highest BCUT2D eigenvalue weighted by atomic mass is 16.5. The van der Waals surface area contributed by atoms with Crippen molar-refractivity contribution in [3.05, 3.63) is 59.7 Å². The molecule has 0 aliphatic heterocycles. The van der Waals surface area contributed by atoms with Crippen molar-refractivity contribution >= 4 is 11.8 Å². The lowest BCUT2D eigenvalue weighted by Crippen LogP contribution is -2.50. The number of ether oxygens (including phenoxy) is 2. The van der Waals surface area contributed by atoms with Crippen LogP contribution in [0.25, 0.3) is 0 Å². The third-order valence-electron chi connectivity index (χ3n) is 5.89. The van der Waals surface area contributed by atoms with Gasteiger partial charge in [0.05, 0.1) is 7.11 Å². The van der Waals surface area contributed by atoms with Crippen LogP contribution in [0, 0.1) is 6.92 Å². The first-order valence-corrected chi connectivity index (χ1v) is 10.9. The molecule has 0 aromatic heterocycles. The Morgan fingerprint density at radius 2 is 1.71 bits per heavy atom. The number of nitrogens with zero attached hydrogens (tertiary/aromatic N) is 1. The lowest BCUT2D eigenvalue weighted by molar-refractivity contribution is -0.142. The van der Waals surface area contributed by atoms with E-state index in [9.17, 15) is 9.59 Å². The molecule has 0 radical (unpaired) electrons. The SMILES string of the molecule is COc1ccc(OCC(=O)N(Cc2ccccc2C)C(C)C(=O)NC2CCCC2)cc1. The average molecular weight is 425 g/mol. The molecule has 1 unspecified atom stereocenters. The monoisotopic (exact) mass is 424 g/mol. The van der Waals surface area contributed by atoms with Gasteiger partial charge in [-0.3, -0.25) is 9.59 Å².